The van der Waals surface area contributed by atoms with Crippen molar-refractivity contribution in [2.24, 2.45) is 0 Å². The summed E-state index contributed by atoms with van der Waals surface area (Å²) in [7, 11) is 0. The monoisotopic (exact) mass is 217 g/mol. The van der Waals surface area contributed by atoms with E-state index in [0.29, 0.717) is 12.6 Å². The second kappa shape index (κ2) is 3.91. The Morgan fingerprint density at radius 3 is 3.12 bits per heavy atom. The fraction of sp³-hybridized carbons (Fsp3) is 0.462. The van der Waals surface area contributed by atoms with Gasteiger partial charge < -0.3 is 4.74 Å². The molecule has 0 aliphatic carbocycles. The summed E-state index contributed by atoms with van der Waals surface area (Å²) in [6, 6.07) is 8.19. The van der Waals surface area contributed by atoms with Crippen molar-refractivity contribution in [3.8, 4) is 0 Å². The van der Waals surface area contributed by atoms with Gasteiger partial charge in [-0.15, -0.1) is 0 Å². The molecule has 3 nitrogen and oxygen atoms in total. The van der Waals surface area contributed by atoms with Gasteiger partial charge in [0.1, 0.15) is 6.61 Å². The van der Waals surface area contributed by atoms with Gasteiger partial charge in [0.05, 0.1) is 5.56 Å². The van der Waals surface area contributed by atoms with Gasteiger partial charge in [0.25, 0.3) is 0 Å². The molecule has 2 aliphatic heterocycles. The third kappa shape index (κ3) is 1.61. The van der Waals surface area contributed by atoms with E-state index < -0.39 is 0 Å². The lowest BCUT2D eigenvalue weighted by Crippen LogP contribution is -2.36. The van der Waals surface area contributed by atoms with Crippen LogP contribution in [-0.4, -0.2) is 30.1 Å². The molecule has 0 amide bonds. The van der Waals surface area contributed by atoms with Crippen LogP contribution in [0.2, 0.25) is 0 Å². The van der Waals surface area contributed by atoms with E-state index >= 15 is 0 Å². The first-order valence-electron chi connectivity index (χ1n) is 5.83. The summed E-state index contributed by atoms with van der Waals surface area (Å²) in [5.74, 6) is -0.165. The Hall–Kier alpha value is -1.35. The number of hydrogen-bond acceptors (Lipinski definition) is 3. The van der Waals surface area contributed by atoms with Gasteiger partial charge in [-0.2, -0.15) is 0 Å². The molecule has 0 bridgehead atoms. The normalized spacial score (nSPS) is 25.2. The zero-order chi connectivity index (χ0) is 11.0. The van der Waals surface area contributed by atoms with E-state index in [-0.39, 0.29) is 5.97 Å². The second-order valence-corrected chi connectivity index (χ2v) is 4.52. The van der Waals surface area contributed by atoms with Crippen LogP contribution in [0.1, 0.15) is 28.8 Å². The van der Waals surface area contributed by atoms with Gasteiger partial charge in [-0.3, -0.25) is 4.90 Å². The zero-order valence-electron chi connectivity index (χ0n) is 9.19. The lowest BCUT2D eigenvalue weighted by molar-refractivity contribution is 0.0360. The summed E-state index contributed by atoms with van der Waals surface area (Å²) < 4.78 is 5.34. The highest BCUT2D eigenvalue weighted by Gasteiger charge is 2.29. The van der Waals surface area contributed by atoms with Crippen molar-refractivity contribution in [3.05, 3.63) is 35.4 Å². The maximum atomic E-state index is 11.8. The number of nitrogens with zero attached hydrogens (tertiary/aromatic N) is 1. The number of ether oxygens (including phenoxy) is 1. The van der Waals surface area contributed by atoms with Crippen LogP contribution < -0.4 is 0 Å². The Kier molecular flexibility index (Phi) is 2.40. The molecular weight excluding hydrogens is 202 g/mol. The molecule has 0 N–H and O–H groups in total. The number of cyclic esters (lactones) is 1. The average molecular weight is 217 g/mol. The molecule has 1 aromatic carbocycles. The van der Waals surface area contributed by atoms with Crippen LogP contribution >= 0.6 is 0 Å². The smallest absolute Gasteiger partial charge is 0.338 e. The summed E-state index contributed by atoms with van der Waals surface area (Å²) in [6.07, 6.45) is 2.36. The summed E-state index contributed by atoms with van der Waals surface area (Å²) in [6.45, 7) is 2.56. The second-order valence-electron chi connectivity index (χ2n) is 4.52. The van der Waals surface area contributed by atoms with Crippen LogP contribution in [0.4, 0.5) is 0 Å². The van der Waals surface area contributed by atoms with Gasteiger partial charge in [-0.05, 0) is 31.0 Å². The highest BCUT2D eigenvalue weighted by Crippen LogP contribution is 2.24. The Balaban J connectivity index is 1.97. The van der Waals surface area contributed by atoms with E-state index in [1.165, 1.54) is 6.42 Å². The molecular formula is C13H15NO2. The molecule has 3 heteroatoms. The minimum Gasteiger partial charge on any atom is -0.460 e. The number of benzene rings is 1. The number of esters is 1. The van der Waals surface area contributed by atoms with Crippen molar-refractivity contribution in [3.63, 3.8) is 0 Å². The van der Waals surface area contributed by atoms with Crippen molar-refractivity contribution in [2.45, 2.75) is 25.4 Å². The van der Waals surface area contributed by atoms with E-state index in [1.54, 1.807) is 0 Å². The van der Waals surface area contributed by atoms with Crippen LogP contribution in [0.15, 0.2) is 24.3 Å². The highest BCUT2D eigenvalue weighted by molar-refractivity contribution is 5.91. The zero-order valence-corrected chi connectivity index (χ0v) is 9.19. The van der Waals surface area contributed by atoms with E-state index in [1.807, 2.05) is 24.3 Å². The third-order valence-corrected chi connectivity index (χ3v) is 3.52. The van der Waals surface area contributed by atoms with E-state index in [2.05, 4.69) is 4.90 Å². The maximum absolute atomic E-state index is 11.8. The fourth-order valence-corrected chi connectivity index (χ4v) is 2.62. The largest absolute Gasteiger partial charge is 0.460 e. The molecule has 84 valence electrons. The molecule has 0 radical (unpaired) electrons. The van der Waals surface area contributed by atoms with Crippen LogP contribution in [0.5, 0.6) is 0 Å². The number of carbonyl (C=O) groups is 1. The summed E-state index contributed by atoms with van der Waals surface area (Å²) in [4.78, 5) is 14.2. The van der Waals surface area contributed by atoms with Crippen molar-refractivity contribution in [1.29, 1.82) is 0 Å². The van der Waals surface area contributed by atoms with E-state index in [0.717, 1.165) is 30.6 Å². The Labute approximate surface area is 95.0 Å². The van der Waals surface area contributed by atoms with Crippen molar-refractivity contribution < 1.29 is 9.53 Å². The minimum atomic E-state index is -0.165. The molecule has 2 heterocycles. The van der Waals surface area contributed by atoms with Crippen molar-refractivity contribution in [2.75, 3.05) is 13.2 Å². The number of rotatable bonds is 0. The lowest BCUT2D eigenvalue weighted by Gasteiger charge is -2.27. The van der Waals surface area contributed by atoms with E-state index in [4.69, 9.17) is 4.74 Å². The minimum absolute atomic E-state index is 0.165. The summed E-state index contributed by atoms with van der Waals surface area (Å²) in [5.41, 5.74) is 1.83. The molecule has 0 aromatic heterocycles. The fourth-order valence-electron chi connectivity index (χ4n) is 2.62. The number of fused-ring (bicyclic) bond motifs is 2. The average Bonchev–Trinajstić information content (AvgIpc) is 2.72. The van der Waals surface area contributed by atoms with Gasteiger partial charge in [-0.25, -0.2) is 4.79 Å². The first kappa shape index (κ1) is 9.85. The predicted octanol–water partition coefficient (Wildman–Crippen LogP) is 1.82. The number of carbonyl (C=O) groups excluding carboxylic acids is 1. The standard InChI is InChI=1S/C13H15NO2/c15-13-12-6-2-1-4-10(12)8-14-7-3-5-11(14)9-16-13/h1-2,4,6,11H,3,5,7-9H2/t11-/m0/s1. The maximum Gasteiger partial charge on any atom is 0.338 e. The molecule has 1 aromatic rings. The van der Waals surface area contributed by atoms with Crippen LogP contribution in [-0.2, 0) is 11.3 Å². The van der Waals surface area contributed by atoms with Crippen molar-refractivity contribution >= 4 is 5.97 Å². The van der Waals surface area contributed by atoms with Crippen LogP contribution in [0, 0.1) is 0 Å². The molecule has 0 spiro atoms. The first-order valence-corrected chi connectivity index (χ1v) is 5.83. The Bertz CT molecular complexity index is 416. The lowest BCUT2D eigenvalue weighted by atomic mass is 10.1. The molecule has 0 saturated carbocycles. The number of hydrogen-bond donors (Lipinski definition) is 0. The predicted molar refractivity (Wildman–Crippen MR) is 60.2 cm³/mol. The molecule has 1 atom stereocenters. The van der Waals surface area contributed by atoms with E-state index in [9.17, 15) is 4.79 Å². The first-order chi connectivity index (χ1) is 7.84. The van der Waals surface area contributed by atoms with Crippen LogP contribution in [0.25, 0.3) is 0 Å². The molecule has 0 unspecified atom stereocenters. The molecule has 2 aliphatic rings. The van der Waals surface area contributed by atoms with Gasteiger partial charge in [0, 0.05) is 12.6 Å². The van der Waals surface area contributed by atoms with Gasteiger partial charge in [0.15, 0.2) is 0 Å². The molecule has 1 fully saturated rings. The van der Waals surface area contributed by atoms with Crippen molar-refractivity contribution in [1.82, 2.24) is 4.90 Å². The Morgan fingerprint density at radius 2 is 2.19 bits per heavy atom. The summed E-state index contributed by atoms with van der Waals surface area (Å²) >= 11 is 0. The van der Waals surface area contributed by atoms with Gasteiger partial charge in [-0.1, -0.05) is 18.2 Å². The van der Waals surface area contributed by atoms with Crippen LogP contribution in [0.3, 0.4) is 0 Å². The quantitative estimate of drug-likeness (QED) is 0.621. The molecule has 16 heavy (non-hydrogen) atoms. The Morgan fingerprint density at radius 1 is 1.31 bits per heavy atom. The summed E-state index contributed by atoms with van der Waals surface area (Å²) in [5, 5.41) is 0. The van der Waals surface area contributed by atoms with Gasteiger partial charge in [0.2, 0.25) is 0 Å². The highest BCUT2D eigenvalue weighted by atomic mass is 16.5. The molecule has 3 rings (SSSR count). The topological polar surface area (TPSA) is 29.5 Å². The van der Waals surface area contributed by atoms with Gasteiger partial charge >= 0.3 is 5.97 Å². The SMILES string of the molecule is O=C1OC[C@@H]2CCCN2Cc2ccccc21. The molecule has 1 saturated heterocycles. The third-order valence-electron chi connectivity index (χ3n) is 3.52.